The van der Waals surface area contributed by atoms with Gasteiger partial charge in [0.25, 0.3) is 0 Å². The lowest BCUT2D eigenvalue weighted by Gasteiger charge is -2.22. The predicted octanol–water partition coefficient (Wildman–Crippen LogP) is 2.21. The summed E-state index contributed by atoms with van der Waals surface area (Å²) in [5.74, 6) is 0.0934. The van der Waals surface area contributed by atoms with Gasteiger partial charge in [-0.2, -0.15) is 0 Å². The monoisotopic (exact) mass is 235 g/mol. The second-order valence-corrected chi connectivity index (χ2v) is 4.48. The van der Waals surface area contributed by atoms with Crippen LogP contribution in [0.3, 0.4) is 0 Å². The molecule has 0 bridgehead atoms. The van der Waals surface area contributed by atoms with E-state index in [9.17, 15) is 4.79 Å². The Morgan fingerprint density at radius 1 is 1.41 bits per heavy atom. The Morgan fingerprint density at radius 2 is 2.06 bits per heavy atom. The van der Waals surface area contributed by atoms with Gasteiger partial charge < -0.3 is 16.8 Å². The maximum atomic E-state index is 11.1. The Morgan fingerprint density at radius 3 is 2.59 bits per heavy atom. The molecule has 0 radical (unpaired) electrons. The van der Waals surface area contributed by atoms with E-state index in [2.05, 4.69) is 26.1 Å². The first kappa shape index (κ1) is 13.4. The molecular weight excluding hydrogens is 214 g/mol. The molecule has 5 N–H and O–H groups in total. The van der Waals surface area contributed by atoms with Crippen molar-refractivity contribution >= 4 is 17.3 Å². The number of anilines is 2. The number of carbonyl (C=O) groups excluding carboxylic acids is 1. The molecule has 0 aliphatic carbocycles. The Hall–Kier alpha value is -1.71. The molecule has 0 aromatic heterocycles. The van der Waals surface area contributed by atoms with Crippen molar-refractivity contribution in [2.45, 2.75) is 33.2 Å². The highest BCUT2D eigenvalue weighted by Crippen LogP contribution is 2.22. The molecule has 0 heterocycles. The van der Waals surface area contributed by atoms with Crippen LogP contribution >= 0.6 is 0 Å². The molecule has 1 aromatic carbocycles. The molecule has 1 amide bonds. The summed E-state index contributed by atoms with van der Waals surface area (Å²) >= 11 is 0. The zero-order valence-electron chi connectivity index (χ0n) is 10.7. The molecule has 17 heavy (non-hydrogen) atoms. The second-order valence-electron chi connectivity index (χ2n) is 4.48. The Labute approximate surface area is 102 Å². The van der Waals surface area contributed by atoms with Crippen LogP contribution in [0, 0.1) is 5.92 Å². The van der Waals surface area contributed by atoms with Crippen LogP contribution in [0.5, 0.6) is 0 Å². The second kappa shape index (κ2) is 5.57. The quantitative estimate of drug-likeness (QED) is 0.684. The fourth-order valence-electron chi connectivity index (χ4n) is 1.58. The molecule has 0 fully saturated rings. The van der Waals surface area contributed by atoms with Crippen molar-refractivity contribution in [1.29, 1.82) is 0 Å². The van der Waals surface area contributed by atoms with Gasteiger partial charge in [0.15, 0.2) is 0 Å². The highest BCUT2D eigenvalue weighted by molar-refractivity contribution is 5.94. The minimum Gasteiger partial charge on any atom is -0.397 e. The number of hydrogen-bond acceptors (Lipinski definition) is 3. The van der Waals surface area contributed by atoms with Crippen molar-refractivity contribution in [1.82, 2.24) is 0 Å². The lowest BCUT2D eigenvalue weighted by Crippen LogP contribution is -2.24. The summed E-state index contributed by atoms with van der Waals surface area (Å²) in [6.07, 6.45) is 1.09. The lowest BCUT2D eigenvalue weighted by molar-refractivity contribution is 0.100. The van der Waals surface area contributed by atoms with Crippen molar-refractivity contribution < 1.29 is 4.79 Å². The number of hydrogen-bond donors (Lipinski definition) is 3. The molecule has 0 saturated carbocycles. The molecule has 2 atom stereocenters. The first-order chi connectivity index (χ1) is 7.95. The molecule has 2 unspecified atom stereocenters. The Balaban J connectivity index is 2.89. The number of nitrogens with two attached hydrogens (primary N) is 2. The van der Waals surface area contributed by atoms with E-state index in [1.807, 2.05) is 0 Å². The van der Waals surface area contributed by atoms with E-state index in [4.69, 9.17) is 11.5 Å². The summed E-state index contributed by atoms with van der Waals surface area (Å²) in [5.41, 5.74) is 13.0. The SMILES string of the molecule is CCC(C)C(C)Nc1cc(C(N)=O)ccc1N. The van der Waals surface area contributed by atoms with Crippen LogP contribution in [-0.4, -0.2) is 11.9 Å². The largest absolute Gasteiger partial charge is 0.397 e. The van der Waals surface area contributed by atoms with Crippen molar-refractivity contribution in [3.63, 3.8) is 0 Å². The third-order valence-electron chi connectivity index (χ3n) is 3.22. The van der Waals surface area contributed by atoms with Gasteiger partial charge in [-0.3, -0.25) is 4.79 Å². The molecule has 4 nitrogen and oxygen atoms in total. The number of nitrogen functional groups attached to an aromatic ring is 1. The summed E-state index contributed by atoms with van der Waals surface area (Å²) in [7, 11) is 0. The summed E-state index contributed by atoms with van der Waals surface area (Å²) in [6, 6.07) is 5.34. The molecule has 1 rings (SSSR count). The van der Waals surface area contributed by atoms with Crippen molar-refractivity contribution in [2.24, 2.45) is 11.7 Å². The maximum absolute atomic E-state index is 11.1. The minimum absolute atomic E-state index is 0.297. The number of primary amides is 1. The van der Waals surface area contributed by atoms with Gasteiger partial charge in [0, 0.05) is 11.6 Å². The number of benzene rings is 1. The topological polar surface area (TPSA) is 81.1 Å². The van der Waals surface area contributed by atoms with Crippen molar-refractivity contribution in [2.75, 3.05) is 11.1 Å². The zero-order chi connectivity index (χ0) is 13.0. The fraction of sp³-hybridized carbons (Fsp3) is 0.462. The van der Waals surface area contributed by atoms with E-state index in [0.717, 1.165) is 12.1 Å². The van der Waals surface area contributed by atoms with Gasteiger partial charge in [-0.25, -0.2) is 0 Å². The van der Waals surface area contributed by atoms with Gasteiger partial charge in [-0.1, -0.05) is 20.3 Å². The van der Waals surface area contributed by atoms with Gasteiger partial charge in [-0.05, 0) is 31.0 Å². The van der Waals surface area contributed by atoms with Crippen LogP contribution < -0.4 is 16.8 Å². The average Bonchev–Trinajstić information content (AvgIpc) is 2.30. The zero-order valence-corrected chi connectivity index (χ0v) is 10.7. The molecule has 0 aliphatic heterocycles. The smallest absolute Gasteiger partial charge is 0.248 e. The summed E-state index contributed by atoms with van der Waals surface area (Å²) in [5, 5.41) is 3.32. The van der Waals surface area contributed by atoms with Crippen LogP contribution in [0.15, 0.2) is 18.2 Å². The average molecular weight is 235 g/mol. The molecule has 4 heteroatoms. The van der Waals surface area contributed by atoms with Crippen LogP contribution in [0.25, 0.3) is 0 Å². The molecular formula is C13H21N3O. The van der Waals surface area contributed by atoms with Crippen LogP contribution in [0.1, 0.15) is 37.6 Å². The van der Waals surface area contributed by atoms with Crippen LogP contribution in [-0.2, 0) is 0 Å². The lowest BCUT2D eigenvalue weighted by atomic mass is 10.0. The highest BCUT2D eigenvalue weighted by Gasteiger charge is 2.12. The predicted molar refractivity (Wildman–Crippen MR) is 71.9 cm³/mol. The van der Waals surface area contributed by atoms with Gasteiger partial charge in [0.2, 0.25) is 5.91 Å². The third kappa shape index (κ3) is 3.37. The normalized spacial score (nSPS) is 14.1. The number of amides is 1. The third-order valence-corrected chi connectivity index (χ3v) is 3.22. The summed E-state index contributed by atoms with van der Waals surface area (Å²) in [4.78, 5) is 11.1. The van der Waals surface area contributed by atoms with Gasteiger partial charge in [0.1, 0.15) is 0 Å². The van der Waals surface area contributed by atoms with E-state index >= 15 is 0 Å². The van der Waals surface area contributed by atoms with Crippen LogP contribution in [0.2, 0.25) is 0 Å². The van der Waals surface area contributed by atoms with E-state index < -0.39 is 5.91 Å². The highest BCUT2D eigenvalue weighted by atomic mass is 16.1. The minimum atomic E-state index is -0.441. The number of carbonyl (C=O) groups is 1. The fourth-order valence-corrected chi connectivity index (χ4v) is 1.58. The summed E-state index contributed by atoms with van der Waals surface area (Å²) in [6.45, 7) is 6.42. The van der Waals surface area contributed by atoms with E-state index in [1.165, 1.54) is 0 Å². The van der Waals surface area contributed by atoms with Gasteiger partial charge >= 0.3 is 0 Å². The first-order valence-electron chi connectivity index (χ1n) is 5.91. The van der Waals surface area contributed by atoms with E-state index in [1.54, 1.807) is 18.2 Å². The standard InChI is InChI=1S/C13H21N3O/c1-4-8(2)9(3)16-12-7-10(13(15)17)5-6-11(12)14/h5-9,16H,4,14H2,1-3H3,(H2,15,17). The van der Waals surface area contributed by atoms with Crippen molar-refractivity contribution in [3.05, 3.63) is 23.8 Å². The van der Waals surface area contributed by atoms with E-state index in [0.29, 0.717) is 23.2 Å². The molecule has 0 saturated heterocycles. The molecule has 0 aliphatic rings. The number of rotatable bonds is 5. The van der Waals surface area contributed by atoms with Crippen molar-refractivity contribution in [3.8, 4) is 0 Å². The van der Waals surface area contributed by atoms with Crippen LogP contribution in [0.4, 0.5) is 11.4 Å². The molecule has 94 valence electrons. The maximum Gasteiger partial charge on any atom is 0.248 e. The Kier molecular flexibility index (Phi) is 4.37. The van der Waals surface area contributed by atoms with E-state index in [-0.39, 0.29) is 0 Å². The van der Waals surface area contributed by atoms with Gasteiger partial charge in [-0.15, -0.1) is 0 Å². The van der Waals surface area contributed by atoms with Gasteiger partial charge in [0.05, 0.1) is 11.4 Å². The molecule has 0 spiro atoms. The molecule has 1 aromatic rings. The number of nitrogens with one attached hydrogen (secondary N) is 1. The first-order valence-corrected chi connectivity index (χ1v) is 5.91. The Bertz CT molecular complexity index is 404. The summed E-state index contributed by atoms with van der Waals surface area (Å²) < 4.78 is 0.